The van der Waals surface area contributed by atoms with Gasteiger partial charge in [-0.2, -0.15) is 0 Å². The van der Waals surface area contributed by atoms with Crippen LogP contribution in [0.25, 0.3) is 5.57 Å². The third-order valence-electron chi connectivity index (χ3n) is 2.28. The molecule has 3 nitrogen and oxygen atoms in total. The minimum absolute atomic E-state index is 0.140. The van der Waals surface area contributed by atoms with Gasteiger partial charge in [0.1, 0.15) is 5.75 Å². The largest absolute Gasteiger partial charge is 0.491 e. The highest BCUT2D eigenvalue weighted by molar-refractivity contribution is 5.89. The highest BCUT2D eigenvalue weighted by Crippen LogP contribution is 2.21. The van der Waals surface area contributed by atoms with Gasteiger partial charge in [-0.15, -0.1) is 0 Å². The van der Waals surface area contributed by atoms with Gasteiger partial charge in [0.25, 0.3) is 0 Å². The Morgan fingerprint density at radius 3 is 2.35 bits per heavy atom. The molecule has 0 aliphatic carbocycles. The van der Waals surface area contributed by atoms with Crippen LogP contribution < -0.4 is 4.74 Å². The van der Waals surface area contributed by atoms with E-state index in [0.717, 1.165) is 16.9 Å². The van der Waals surface area contributed by atoms with Crippen LogP contribution in [-0.2, 0) is 4.79 Å². The lowest BCUT2D eigenvalue weighted by molar-refractivity contribution is -0.131. The minimum Gasteiger partial charge on any atom is -0.491 e. The molecule has 0 spiro atoms. The third-order valence-corrected chi connectivity index (χ3v) is 2.28. The van der Waals surface area contributed by atoms with Gasteiger partial charge < -0.3 is 9.84 Å². The topological polar surface area (TPSA) is 46.5 Å². The highest BCUT2D eigenvalue weighted by atomic mass is 16.5. The molecule has 0 bridgehead atoms. The van der Waals surface area contributed by atoms with Gasteiger partial charge >= 0.3 is 5.97 Å². The summed E-state index contributed by atoms with van der Waals surface area (Å²) < 4.78 is 5.53. The monoisotopic (exact) mass is 234 g/mol. The molecule has 1 rings (SSSR count). The summed E-state index contributed by atoms with van der Waals surface area (Å²) in [5.74, 6) is -0.112. The Balaban J connectivity index is 2.89. The molecule has 1 aromatic rings. The fourth-order valence-corrected chi connectivity index (χ4v) is 1.56. The molecule has 0 saturated heterocycles. The van der Waals surface area contributed by atoms with Crippen LogP contribution in [0.4, 0.5) is 0 Å². The zero-order valence-corrected chi connectivity index (χ0v) is 10.4. The second kappa shape index (κ2) is 6.09. The lowest BCUT2D eigenvalue weighted by atomic mass is 10.0. The summed E-state index contributed by atoms with van der Waals surface area (Å²) in [6, 6.07) is 7.49. The molecule has 0 fully saturated rings. The number of carboxylic acids is 1. The Hall–Kier alpha value is -1.77. The molecule has 0 unspecified atom stereocenters. The number of carbonyl (C=O) groups is 1. The molecular weight excluding hydrogens is 216 g/mol. The summed E-state index contributed by atoms with van der Waals surface area (Å²) in [4.78, 5) is 10.7. The van der Waals surface area contributed by atoms with E-state index in [2.05, 4.69) is 0 Å². The Labute approximate surface area is 102 Å². The zero-order valence-electron chi connectivity index (χ0n) is 10.4. The van der Waals surface area contributed by atoms with E-state index >= 15 is 0 Å². The molecular formula is C14H18O3. The van der Waals surface area contributed by atoms with Gasteiger partial charge in [-0.3, -0.25) is 0 Å². The normalized spacial score (nSPS) is 11.6. The number of rotatable bonds is 5. The van der Waals surface area contributed by atoms with Crippen LogP contribution in [0.5, 0.6) is 5.75 Å². The van der Waals surface area contributed by atoms with E-state index in [0.29, 0.717) is 6.42 Å². The maximum atomic E-state index is 10.7. The van der Waals surface area contributed by atoms with Gasteiger partial charge in [-0.05, 0) is 43.5 Å². The Kier molecular flexibility index (Phi) is 4.76. The van der Waals surface area contributed by atoms with Crippen molar-refractivity contribution in [3.8, 4) is 5.75 Å². The Morgan fingerprint density at radius 1 is 1.35 bits per heavy atom. The van der Waals surface area contributed by atoms with Crippen LogP contribution in [0.1, 0.15) is 32.8 Å². The standard InChI is InChI=1S/C14H18O3/c1-4-11(9-14(15)16)12-5-7-13(8-6-12)17-10(2)3/h5-10H,4H2,1-3H3,(H,15,16)/b11-9+. The molecule has 1 aromatic carbocycles. The lowest BCUT2D eigenvalue weighted by Gasteiger charge is -2.10. The molecule has 0 radical (unpaired) electrons. The van der Waals surface area contributed by atoms with E-state index in [1.54, 1.807) is 0 Å². The second-order valence-electron chi connectivity index (χ2n) is 4.05. The SMILES string of the molecule is CC/C(=C\C(=O)O)c1ccc(OC(C)C)cc1. The van der Waals surface area contributed by atoms with E-state index in [1.807, 2.05) is 45.0 Å². The molecule has 0 saturated carbocycles. The highest BCUT2D eigenvalue weighted by Gasteiger charge is 2.03. The first-order valence-electron chi connectivity index (χ1n) is 5.73. The molecule has 0 atom stereocenters. The van der Waals surface area contributed by atoms with Gasteiger partial charge in [-0.1, -0.05) is 19.1 Å². The number of hydrogen-bond acceptors (Lipinski definition) is 2. The maximum absolute atomic E-state index is 10.7. The first-order valence-corrected chi connectivity index (χ1v) is 5.73. The fraction of sp³-hybridized carbons (Fsp3) is 0.357. The van der Waals surface area contributed by atoms with Crippen molar-refractivity contribution >= 4 is 11.5 Å². The van der Waals surface area contributed by atoms with Crippen LogP contribution in [0.3, 0.4) is 0 Å². The van der Waals surface area contributed by atoms with E-state index in [-0.39, 0.29) is 6.10 Å². The van der Waals surface area contributed by atoms with Gasteiger partial charge in [0.05, 0.1) is 6.10 Å². The maximum Gasteiger partial charge on any atom is 0.328 e. The van der Waals surface area contributed by atoms with Crippen molar-refractivity contribution in [2.45, 2.75) is 33.3 Å². The number of aliphatic carboxylic acids is 1. The van der Waals surface area contributed by atoms with Crippen LogP contribution in [-0.4, -0.2) is 17.2 Å². The predicted molar refractivity (Wildman–Crippen MR) is 68.1 cm³/mol. The second-order valence-corrected chi connectivity index (χ2v) is 4.05. The zero-order chi connectivity index (χ0) is 12.8. The average molecular weight is 234 g/mol. The first kappa shape index (κ1) is 13.3. The fourth-order valence-electron chi connectivity index (χ4n) is 1.56. The number of ether oxygens (including phenoxy) is 1. The molecule has 0 aromatic heterocycles. The van der Waals surface area contributed by atoms with E-state index in [4.69, 9.17) is 9.84 Å². The van der Waals surface area contributed by atoms with Crippen LogP contribution in [0.2, 0.25) is 0 Å². The van der Waals surface area contributed by atoms with E-state index < -0.39 is 5.97 Å². The molecule has 0 aliphatic rings. The van der Waals surface area contributed by atoms with Crippen LogP contribution in [0, 0.1) is 0 Å². The number of hydrogen-bond donors (Lipinski definition) is 1. The molecule has 3 heteroatoms. The van der Waals surface area contributed by atoms with E-state index in [1.165, 1.54) is 6.08 Å². The molecule has 0 aliphatic heterocycles. The lowest BCUT2D eigenvalue weighted by Crippen LogP contribution is -2.05. The average Bonchev–Trinajstić information content (AvgIpc) is 2.26. The summed E-state index contributed by atoms with van der Waals surface area (Å²) in [5.41, 5.74) is 1.74. The van der Waals surface area contributed by atoms with Crippen molar-refractivity contribution in [1.29, 1.82) is 0 Å². The minimum atomic E-state index is -0.913. The van der Waals surface area contributed by atoms with Gasteiger partial charge in [0.15, 0.2) is 0 Å². The molecule has 92 valence electrons. The van der Waals surface area contributed by atoms with Crippen LogP contribution in [0.15, 0.2) is 30.3 Å². The van der Waals surface area contributed by atoms with Crippen molar-refractivity contribution in [1.82, 2.24) is 0 Å². The molecule has 0 amide bonds. The third kappa shape index (κ3) is 4.31. The summed E-state index contributed by atoms with van der Waals surface area (Å²) in [7, 11) is 0. The van der Waals surface area contributed by atoms with Crippen molar-refractivity contribution in [3.05, 3.63) is 35.9 Å². The Morgan fingerprint density at radius 2 is 1.94 bits per heavy atom. The number of allylic oxidation sites excluding steroid dienone is 1. The van der Waals surface area contributed by atoms with Crippen molar-refractivity contribution in [2.24, 2.45) is 0 Å². The van der Waals surface area contributed by atoms with E-state index in [9.17, 15) is 4.79 Å². The summed E-state index contributed by atoms with van der Waals surface area (Å²) in [6.45, 7) is 5.87. The molecule has 0 heterocycles. The summed E-state index contributed by atoms with van der Waals surface area (Å²) in [6.07, 6.45) is 2.08. The Bertz CT molecular complexity index is 402. The smallest absolute Gasteiger partial charge is 0.328 e. The first-order chi connectivity index (χ1) is 8.02. The molecule has 17 heavy (non-hydrogen) atoms. The van der Waals surface area contributed by atoms with Gasteiger partial charge in [0.2, 0.25) is 0 Å². The number of carboxylic acid groups (broad SMARTS) is 1. The number of benzene rings is 1. The molecule has 1 N–H and O–H groups in total. The summed E-state index contributed by atoms with van der Waals surface area (Å²) in [5, 5.41) is 8.75. The van der Waals surface area contributed by atoms with Crippen molar-refractivity contribution < 1.29 is 14.6 Å². The van der Waals surface area contributed by atoms with Gasteiger partial charge in [0, 0.05) is 6.08 Å². The summed E-state index contributed by atoms with van der Waals surface area (Å²) >= 11 is 0. The van der Waals surface area contributed by atoms with Gasteiger partial charge in [-0.25, -0.2) is 4.79 Å². The van der Waals surface area contributed by atoms with Crippen molar-refractivity contribution in [3.63, 3.8) is 0 Å². The van der Waals surface area contributed by atoms with Crippen molar-refractivity contribution in [2.75, 3.05) is 0 Å². The van der Waals surface area contributed by atoms with Crippen LogP contribution >= 0.6 is 0 Å². The predicted octanol–water partition coefficient (Wildman–Crippen LogP) is 3.35. The quantitative estimate of drug-likeness (QED) is 0.795.